The van der Waals surface area contributed by atoms with E-state index in [2.05, 4.69) is 173 Å². The summed E-state index contributed by atoms with van der Waals surface area (Å²) < 4.78 is 0. The fourth-order valence-electron chi connectivity index (χ4n) is 12.8. The van der Waals surface area contributed by atoms with Gasteiger partial charge in [-0.15, -0.1) is 69.1 Å². The number of halogens is 4. The van der Waals surface area contributed by atoms with Crippen LogP contribution in [-0.4, -0.2) is 9.52 Å². The van der Waals surface area contributed by atoms with Crippen molar-refractivity contribution in [2.24, 2.45) is 10.8 Å². The molecule has 8 aromatic rings. The molecule has 10 rings (SSSR count). The summed E-state index contributed by atoms with van der Waals surface area (Å²) in [5, 5.41) is 11.0. The van der Waals surface area contributed by atoms with Gasteiger partial charge >= 0.3 is 75.7 Å². The zero-order chi connectivity index (χ0) is 51.7. The van der Waals surface area contributed by atoms with Crippen LogP contribution in [0.5, 0.6) is 0 Å². The second kappa shape index (κ2) is 32.8. The van der Waals surface area contributed by atoms with Gasteiger partial charge in [0.1, 0.15) is 0 Å². The maximum atomic E-state index is 4.93. The predicted octanol–water partition coefficient (Wildman–Crippen LogP) is 22.7. The average Bonchev–Trinajstić information content (AvgIpc) is 4.06. The average molecular weight is 1220 g/mol. The van der Waals surface area contributed by atoms with Crippen LogP contribution in [0, 0.1) is 23.9 Å². The Bertz CT molecular complexity index is 2600. The van der Waals surface area contributed by atoms with Crippen molar-refractivity contribution in [1.82, 2.24) is 0 Å². The van der Waals surface area contributed by atoms with Crippen LogP contribution in [0.25, 0.3) is 65.3 Å². The third kappa shape index (κ3) is 17.6. The molecule has 7 heteroatoms. The van der Waals surface area contributed by atoms with Gasteiger partial charge in [-0.3, -0.25) is 0 Å². The van der Waals surface area contributed by atoms with Gasteiger partial charge in [-0.05, 0) is 94.9 Å². The van der Waals surface area contributed by atoms with Crippen LogP contribution in [0.4, 0.5) is 0 Å². The fraction of sp³-hybridized carbons (Fsp3) is 0.394. The Kier molecular flexibility index (Phi) is 27.2. The zero-order valence-corrected chi connectivity index (χ0v) is 52.8. The van der Waals surface area contributed by atoms with Crippen molar-refractivity contribution >= 4 is 86.7 Å². The van der Waals surface area contributed by atoms with Crippen LogP contribution in [0.15, 0.2) is 146 Å². The first kappa shape index (κ1) is 60.4. The summed E-state index contributed by atoms with van der Waals surface area (Å²) in [5.41, 5.74) is 9.59. The molecular weight excluding hydrogens is 1150 g/mol. The molecule has 0 aromatic heterocycles. The molecule has 0 aliphatic heterocycles. The van der Waals surface area contributed by atoms with Crippen LogP contribution >= 0.6 is 34.1 Å². The van der Waals surface area contributed by atoms with E-state index in [0.29, 0.717) is 20.3 Å². The number of fused-ring (bicyclic) bond motifs is 4. The van der Waals surface area contributed by atoms with Gasteiger partial charge in [0.2, 0.25) is 0 Å². The summed E-state index contributed by atoms with van der Waals surface area (Å²) in [5.74, 6) is 0. The molecule has 2 aliphatic carbocycles. The molecule has 0 nitrogen and oxygen atoms in total. The summed E-state index contributed by atoms with van der Waals surface area (Å²) in [6.07, 6.45) is 30.7. The Morgan fingerprint density at radius 1 is 0.425 bits per heavy atom. The molecule has 0 unspecified atom stereocenters. The first-order valence-electron chi connectivity index (χ1n) is 27.4. The van der Waals surface area contributed by atoms with Crippen LogP contribution in [0.3, 0.4) is 0 Å². The Morgan fingerprint density at radius 2 is 0.712 bits per heavy atom. The number of rotatable bonds is 10. The zero-order valence-electron chi connectivity index (χ0n) is 43.8. The van der Waals surface area contributed by atoms with Gasteiger partial charge in [0, 0.05) is 0 Å². The van der Waals surface area contributed by atoms with E-state index in [0.717, 1.165) is 0 Å². The van der Waals surface area contributed by atoms with Crippen molar-refractivity contribution < 1.29 is 41.7 Å². The van der Waals surface area contributed by atoms with Gasteiger partial charge in [-0.2, -0.15) is 12.1 Å². The van der Waals surface area contributed by atoms with Crippen molar-refractivity contribution in [3.05, 3.63) is 170 Å². The fourth-order valence-corrected chi connectivity index (χ4v) is 12.8. The standard InChI is InChI=1S/2C32H37.C2H4Si.4ClH.2Zr/c2*1-2-19-32(20-9-5-3-4-6-10-21-32)24-25-22-27-15-12-18-30(31(27)23-25)29-17-11-14-26-13-7-8-16-28(26)29;1-3-2;;;;;;/h2*7-8,11-18,22-23H,2-6,9-10,19-21,24H2,1H3;1-2H2;4*1H;;/q2*-1;-2;;;;;2*+4/p-4. The third-order valence-electron chi connectivity index (χ3n) is 15.8. The van der Waals surface area contributed by atoms with E-state index in [9.17, 15) is 0 Å². The molecule has 2 saturated carbocycles. The van der Waals surface area contributed by atoms with Gasteiger partial charge in [0.15, 0.2) is 0 Å². The molecule has 0 amide bonds. The summed E-state index contributed by atoms with van der Waals surface area (Å²) >= 11 is -1.65. The van der Waals surface area contributed by atoms with E-state index in [1.54, 1.807) is 11.1 Å². The molecule has 382 valence electrons. The molecule has 8 aromatic carbocycles. The van der Waals surface area contributed by atoms with Crippen molar-refractivity contribution in [1.29, 1.82) is 0 Å². The van der Waals surface area contributed by atoms with E-state index in [-0.39, 0.29) is 0 Å². The van der Waals surface area contributed by atoms with Gasteiger partial charge < -0.3 is 22.6 Å². The molecule has 0 bridgehead atoms. The number of benzene rings is 6. The molecule has 2 radical (unpaired) electrons. The predicted molar refractivity (Wildman–Crippen MR) is 321 cm³/mol. The first-order valence-corrected chi connectivity index (χ1v) is 41.4. The van der Waals surface area contributed by atoms with Gasteiger partial charge in [-0.1, -0.05) is 212 Å². The molecule has 0 spiro atoms. The Morgan fingerprint density at radius 3 is 1.05 bits per heavy atom. The van der Waals surface area contributed by atoms with Crippen LogP contribution in [-0.2, 0) is 54.5 Å². The van der Waals surface area contributed by atoms with Gasteiger partial charge in [-0.25, -0.2) is 0 Å². The molecule has 0 atom stereocenters. The summed E-state index contributed by atoms with van der Waals surface area (Å²) in [4.78, 5) is 0. The van der Waals surface area contributed by atoms with Crippen LogP contribution < -0.4 is 0 Å². The third-order valence-corrected chi connectivity index (χ3v) is 15.8. The van der Waals surface area contributed by atoms with Crippen molar-refractivity contribution in [3.8, 4) is 22.3 Å². The Hall–Kier alpha value is -1.80. The minimum absolute atomic E-state index is 0.503. The monoisotopic (exact) mass is 1220 g/mol. The minimum atomic E-state index is -0.826. The van der Waals surface area contributed by atoms with Gasteiger partial charge in [0.25, 0.3) is 0 Å². The summed E-state index contributed by atoms with van der Waals surface area (Å²) in [7, 11) is 20.3. The van der Waals surface area contributed by atoms with Crippen molar-refractivity contribution in [2.75, 3.05) is 0 Å². The molecule has 2 fully saturated rings. The topological polar surface area (TPSA) is 0 Å². The van der Waals surface area contributed by atoms with Crippen LogP contribution in [0.2, 0.25) is 0 Å². The Labute approximate surface area is 481 Å². The molecule has 0 N–H and O–H groups in total. The van der Waals surface area contributed by atoms with Gasteiger partial charge in [0.05, 0.1) is 0 Å². The van der Waals surface area contributed by atoms with E-state index >= 15 is 0 Å². The normalized spacial score (nSPS) is 15.6. The van der Waals surface area contributed by atoms with Crippen molar-refractivity contribution in [2.45, 2.75) is 155 Å². The second-order valence-corrected chi connectivity index (χ2v) is 28.9. The first-order chi connectivity index (χ1) is 35.8. The summed E-state index contributed by atoms with van der Waals surface area (Å²) in [6.45, 7) is 11.6. The SMILES string of the molecule is CCCC1(Cc2cc3c(-c4cccc5ccccc45)cccc3[cH-]2)CCCCCCCC1.CCCC1(Cc2cc3c(-c4cccc5ccccc45)cccc3[cH-]2)CCCCCCCC1.[CH2-][Si][CH2-].[Cl][Zr+2][Cl].[Cl][Zr+2][Cl]. The molecule has 0 heterocycles. The van der Waals surface area contributed by atoms with Crippen molar-refractivity contribution in [3.63, 3.8) is 0 Å². The molecule has 2 aliphatic rings. The second-order valence-electron chi connectivity index (χ2n) is 20.9. The number of hydrogen-bond donors (Lipinski definition) is 0. The number of hydrogen-bond acceptors (Lipinski definition) is 0. The Balaban J connectivity index is 0.000000205. The summed E-state index contributed by atoms with van der Waals surface area (Å²) in [6, 6.07) is 54.8. The molecule has 73 heavy (non-hydrogen) atoms. The molecule has 0 saturated heterocycles. The van der Waals surface area contributed by atoms with E-state index in [4.69, 9.17) is 34.1 Å². The van der Waals surface area contributed by atoms with E-state index in [1.165, 1.54) is 207 Å². The van der Waals surface area contributed by atoms with E-state index < -0.39 is 41.7 Å². The van der Waals surface area contributed by atoms with E-state index in [1.807, 2.05) is 0 Å². The molecular formula is C66H78Cl4SiZr2. The maximum absolute atomic E-state index is 4.93. The quantitative estimate of drug-likeness (QED) is 0.0946. The van der Waals surface area contributed by atoms with Crippen LogP contribution in [0.1, 0.15) is 153 Å².